The first kappa shape index (κ1) is 25.8. The van der Waals surface area contributed by atoms with Gasteiger partial charge in [-0.2, -0.15) is 9.57 Å². The van der Waals surface area contributed by atoms with Gasteiger partial charge in [0.15, 0.2) is 9.84 Å². The molecule has 2 aromatic carbocycles. The molecule has 1 aliphatic rings. The van der Waals surface area contributed by atoms with Crippen LogP contribution in [0.3, 0.4) is 0 Å². The molecule has 182 valence electrons. The van der Waals surface area contributed by atoms with E-state index >= 15 is 0 Å². The molecule has 0 spiro atoms. The second kappa shape index (κ2) is 9.46. The molecule has 2 unspecified atom stereocenters. The minimum Gasteiger partial charge on any atom is -0.326 e. The molecular formula is C23H28N4O5S2. The lowest BCUT2D eigenvalue weighted by Gasteiger charge is -2.47. The van der Waals surface area contributed by atoms with Gasteiger partial charge in [0.25, 0.3) is 0 Å². The van der Waals surface area contributed by atoms with E-state index in [0.717, 1.165) is 6.26 Å². The fraction of sp³-hybridized carbons (Fsp3) is 0.391. The second-order valence-electron chi connectivity index (χ2n) is 8.89. The van der Waals surface area contributed by atoms with Crippen LogP contribution in [0.5, 0.6) is 0 Å². The van der Waals surface area contributed by atoms with Gasteiger partial charge in [0.1, 0.15) is 0 Å². The maximum absolute atomic E-state index is 13.6. The van der Waals surface area contributed by atoms with E-state index in [9.17, 15) is 26.9 Å². The van der Waals surface area contributed by atoms with Gasteiger partial charge in [0, 0.05) is 37.5 Å². The SMILES string of the molecule is Cc1ccc(S(C)(=O)=O)cc1NC(=O)CC1(C)CNCC(C)N1S(=O)(=O)c1cccc(C#N)c1. The molecule has 1 amide bonds. The maximum atomic E-state index is 13.6. The summed E-state index contributed by atoms with van der Waals surface area (Å²) in [5.74, 6) is -0.446. The number of hydrogen-bond acceptors (Lipinski definition) is 7. The van der Waals surface area contributed by atoms with Crippen molar-refractivity contribution < 1.29 is 21.6 Å². The number of benzene rings is 2. The fourth-order valence-electron chi connectivity index (χ4n) is 4.26. The van der Waals surface area contributed by atoms with Crippen molar-refractivity contribution in [1.29, 1.82) is 5.26 Å². The first-order valence-electron chi connectivity index (χ1n) is 10.6. The van der Waals surface area contributed by atoms with E-state index < -0.39 is 37.3 Å². The zero-order chi connectivity index (χ0) is 25.3. The molecule has 1 aliphatic heterocycles. The molecule has 2 aromatic rings. The molecule has 9 nitrogen and oxygen atoms in total. The Kier molecular flexibility index (Phi) is 7.19. The number of hydrogen-bond donors (Lipinski definition) is 2. The largest absolute Gasteiger partial charge is 0.326 e. The monoisotopic (exact) mass is 504 g/mol. The number of piperazine rings is 1. The highest BCUT2D eigenvalue weighted by molar-refractivity contribution is 7.90. The minimum absolute atomic E-state index is 0.0105. The Balaban J connectivity index is 1.93. The van der Waals surface area contributed by atoms with Crippen LogP contribution in [0, 0.1) is 18.3 Å². The van der Waals surface area contributed by atoms with Crippen LogP contribution in [-0.2, 0) is 24.7 Å². The molecule has 11 heteroatoms. The van der Waals surface area contributed by atoms with Crippen molar-refractivity contribution in [3.05, 3.63) is 53.6 Å². The molecule has 2 atom stereocenters. The number of amides is 1. The van der Waals surface area contributed by atoms with E-state index in [1.165, 1.54) is 40.7 Å². The van der Waals surface area contributed by atoms with Gasteiger partial charge in [0.2, 0.25) is 15.9 Å². The van der Waals surface area contributed by atoms with Crippen LogP contribution in [0.2, 0.25) is 0 Å². The van der Waals surface area contributed by atoms with Gasteiger partial charge in [-0.15, -0.1) is 0 Å². The normalized spacial score (nSPS) is 21.6. The lowest BCUT2D eigenvalue weighted by Crippen LogP contribution is -2.65. The fourth-order valence-corrected chi connectivity index (χ4v) is 6.92. The molecule has 1 fully saturated rings. The number of anilines is 1. The lowest BCUT2D eigenvalue weighted by molar-refractivity contribution is -0.118. The van der Waals surface area contributed by atoms with Gasteiger partial charge >= 0.3 is 0 Å². The van der Waals surface area contributed by atoms with Crippen molar-refractivity contribution in [2.45, 2.75) is 48.6 Å². The number of rotatable bonds is 6. The maximum Gasteiger partial charge on any atom is 0.243 e. The Morgan fingerprint density at radius 3 is 2.56 bits per heavy atom. The number of carbonyl (C=O) groups excluding carboxylic acids is 1. The lowest BCUT2D eigenvalue weighted by atomic mass is 9.93. The number of aryl methyl sites for hydroxylation is 1. The summed E-state index contributed by atoms with van der Waals surface area (Å²) in [4.78, 5) is 13.1. The van der Waals surface area contributed by atoms with Crippen molar-refractivity contribution in [2.75, 3.05) is 24.7 Å². The van der Waals surface area contributed by atoms with Crippen LogP contribution in [0.1, 0.15) is 31.4 Å². The number of nitrogens with zero attached hydrogens (tertiary/aromatic N) is 2. The van der Waals surface area contributed by atoms with Crippen LogP contribution in [0.15, 0.2) is 52.3 Å². The molecule has 0 bridgehead atoms. The smallest absolute Gasteiger partial charge is 0.243 e. The van der Waals surface area contributed by atoms with Gasteiger partial charge in [-0.1, -0.05) is 12.1 Å². The number of carbonyl (C=O) groups is 1. The topological polar surface area (TPSA) is 136 Å². The molecule has 34 heavy (non-hydrogen) atoms. The molecule has 0 aliphatic carbocycles. The van der Waals surface area contributed by atoms with E-state index in [1.54, 1.807) is 26.8 Å². The van der Waals surface area contributed by atoms with Crippen molar-refractivity contribution in [3.63, 3.8) is 0 Å². The average Bonchev–Trinajstić information content (AvgIpc) is 2.74. The molecule has 0 radical (unpaired) electrons. The number of nitriles is 1. The van der Waals surface area contributed by atoms with Crippen LogP contribution in [0.4, 0.5) is 5.69 Å². The third-order valence-corrected chi connectivity index (χ3v) is 9.13. The minimum atomic E-state index is -4.02. The summed E-state index contributed by atoms with van der Waals surface area (Å²) in [6.07, 6.45) is 0.924. The Hall–Kier alpha value is -2.78. The Bertz CT molecular complexity index is 1370. The van der Waals surface area contributed by atoms with Gasteiger partial charge in [-0.25, -0.2) is 16.8 Å². The average molecular weight is 505 g/mol. The Morgan fingerprint density at radius 1 is 1.21 bits per heavy atom. The predicted octanol–water partition coefficient (Wildman–Crippen LogP) is 2.04. The summed E-state index contributed by atoms with van der Waals surface area (Å²) >= 11 is 0. The quantitative estimate of drug-likeness (QED) is 0.614. The summed E-state index contributed by atoms with van der Waals surface area (Å²) in [6, 6.07) is 11.8. The van der Waals surface area contributed by atoms with Crippen LogP contribution in [-0.4, -0.2) is 58.0 Å². The van der Waals surface area contributed by atoms with Gasteiger partial charge < -0.3 is 10.6 Å². The summed E-state index contributed by atoms with van der Waals surface area (Å²) in [6.45, 7) is 5.84. The van der Waals surface area contributed by atoms with Crippen LogP contribution in [0.25, 0.3) is 0 Å². The van der Waals surface area contributed by atoms with E-state index in [0.29, 0.717) is 17.8 Å². The van der Waals surface area contributed by atoms with E-state index in [-0.39, 0.29) is 28.3 Å². The van der Waals surface area contributed by atoms with Crippen molar-refractivity contribution in [3.8, 4) is 6.07 Å². The molecule has 1 heterocycles. The van der Waals surface area contributed by atoms with Gasteiger partial charge in [-0.3, -0.25) is 4.79 Å². The van der Waals surface area contributed by atoms with Crippen molar-refractivity contribution in [2.24, 2.45) is 0 Å². The standard InChI is InChI=1S/C23H28N4O5S2/c1-16-8-9-19(33(4,29)30)11-21(16)26-22(28)12-23(3)15-25-14-17(2)27(23)34(31,32)20-7-5-6-18(10-20)13-24/h5-11,17,25H,12,14-15H2,1-4H3,(H,26,28). The van der Waals surface area contributed by atoms with Crippen molar-refractivity contribution >= 4 is 31.5 Å². The summed E-state index contributed by atoms with van der Waals surface area (Å²) < 4.78 is 52.4. The summed E-state index contributed by atoms with van der Waals surface area (Å²) in [5, 5.41) is 15.1. The zero-order valence-corrected chi connectivity index (χ0v) is 21.1. The highest BCUT2D eigenvalue weighted by atomic mass is 32.2. The highest BCUT2D eigenvalue weighted by Gasteiger charge is 2.47. The molecule has 0 aromatic heterocycles. The molecule has 0 saturated carbocycles. The first-order chi connectivity index (χ1) is 15.8. The first-order valence-corrected chi connectivity index (χ1v) is 14.0. The van der Waals surface area contributed by atoms with Crippen LogP contribution < -0.4 is 10.6 Å². The number of sulfonamides is 1. The van der Waals surface area contributed by atoms with E-state index in [1.807, 2.05) is 6.07 Å². The number of nitrogens with one attached hydrogen (secondary N) is 2. The summed E-state index contributed by atoms with van der Waals surface area (Å²) in [7, 11) is -7.48. The second-order valence-corrected chi connectivity index (χ2v) is 12.7. The number of sulfone groups is 1. The van der Waals surface area contributed by atoms with Crippen molar-refractivity contribution in [1.82, 2.24) is 9.62 Å². The van der Waals surface area contributed by atoms with Gasteiger partial charge in [-0.05, 0) is 56.7 Å². The third-order valence-electron chi connectivity index (χ3n) is 5.85. The molecule has 2 N–H and O–H groups in total. The van der Waals surface area contributed by atoms with E-state index in [4.69, 9.17) is 0 Å². The Morgan fingerprint density at radius 2 is 1.91 bits per heavy atom. The molecule has 1 saturated heterocycles. The Labute approximate surface area is 200 Å². The third kappa shape index (κ3) is 5.31. The highest BCUT2D eigenvalue weighted by Crippen LogP contribution is 2.33. The van der Waals surface area contributed by atoms with Crippen LogP contribution >= 0.6 is 0 Å². The van der Waals surface area contributed by atoms with E-state index in [2.05, 4.69) is 10.6 Å². The predicted molar refractivity (Wildman–Crippen MR) is 128 cm³/mol. The van der Waals surface area contributed by atoms with Gasteiger partial charge in [0.05, 0.1) is 27.0 Å². The summed E-state index contributed by atoms with van der Waals surface area (Å²) in [5.41, 5.74) is 0.152. The molecular weight excluding hydrogens is 476 g/mol. The zero-order valence-electron chi connectivity index (χ0n) is 19.5. The molecule has 3 rings (SSSR count).